The molecule has 3 rings (SSSR count). The summed E-state index contributed by atoms with van der Waals surface area (Å²) in [5.74, 6) is 0.503. The molecule has 124 valence electrons. The van der Waals surface area contributed by atoms with E-state index in [-0.39, 0.29) is 11.5 Å². The first kappa shape index (κ1) is 16.2. The van der Waals surface area contributed by atoms with E-state index in [0.29, 0.717) is 25.4 Å². The van der Waals surface area contributed by atoms with Crippen LogP contribution >= 0.6 is 0 Å². The molecule has 1 aromatic carbocycles. The van der Waals surface area contributed by atoms with Gasteiger partial charge in [-0.25, -0.2) is 0 Å². The lowest BCUT2D eigenvalue weighted by atomic mass is 10.0. The van der Waals surface area contributed by atoms with E-state index in [1.165, 1.54) is 0 Å². The number of hydrogen-bond donors (Lipinski definition) is 1. The third-order valence-electron chi connectivity index (χ3n) is 4.32. The third-order valence-corrected chi connectivity index (χ3v) is 4.32. The van der Waals surface area contributed by atoms with E-state index in [9.17, 15) is 9.59 Å². The smallest absolute Gasteiger partial charge is 0.250 e. The Bertz CT molecular complexity index is 775. The second-order valence-corrected chi connectivity index (χ2v) is 6.23. The quantitative estimate of drug-likeness (QED) is 0.832. The molecule has 1 aromatic heterocycles. The second-order valence-electron chi connectivity index (χ2n) is 6.23. The van der Waals surface area contributed by atoms with Crippen LogP contribution in [0.1, 0.15) is 30.4 Å². The maximum Gasteiger partial charge on any atom is 0.250 e. The van der Waals surface area contributed by atoms with Gasteiger partial charge in [-0.2, -0.15) is 0 Å². The summed E-state index contributed by atoms with van der Waals surface area (Å²) >= 11 is 0. The molecule has 1 atom stereocenters. The highest BCUT2D eigenvalue weighted by Crippen LogP contribution is 2.20. The summed E-state index contributed by atoms with van der Waals surface area (Å²) < 4.78 is 1.67. The van der Waals surface area contributed by atoms with Gasteiger partial charge < -0.3 is 9.88 Å². The lowest BCUT2D eigenvalue weighted by Gasteiger charge is -2.10. The molecular weight excluding hydrogens is 300 g/mol. The number of pyridine rings is 1. The molecule has 0 saturated heterocycles. The molecule has 0 spiro atoms. The molecule has 24 heavy (non-hydrogen) atoms. The van der Waals surface area contributed by atoms with E-state index in [0.717, 1.165) is 24.0 Å². The van der Waals surface area contributed by atoms with Crippen LogP contribution in [0.5, 0.6) is 0 Å². The van der Waals surface area contributed by atoms with Gasteiger partial charge in [-0.1, -0.05) is 42.5 Å². The lowest BCUT2D eigenvalue weighted by Crippen LogP contribution is -2.24. The van der Waals surface area contributed by atoms with Crippen molar-refractivity contribution < 1.29 is 4.79 Å². The highest BCUT2D eigenvalue weighted by Gasteiger charge is 2.13. The van der Waals surface area contributed by atoms with Crippen LogP contribution in [0.25, 0.3) is 0 Å². The van der Waals surface area contributed by atoms with Crippen molar-refractivity contribution in [2.45, 2.75) is 32.4 Å². The molecule has 0 aliphatic heterocycles. The average molecular weight is 322 g/mol. The molecule has 1 heterocycles. The molecule has 4 heteroatoms. The summed E-state index contributed by atoms with van der Waals surface area (Å²) in [6.07, 6.45) is 8.82. The fourth-order valence-electron chi connectivity index (χ4n) is 2.93. The summed E-state index contributed by atoms with van der Waals surface area (Å²) in [5, 5.41) is 2.98. The number of benzene rings is 1. The Kier molecular flexibility index (Phi) is 5.26. The standard InChI is InChI=1S/C20H22N2O2/c23-19(13-16-5-1-2-6-16)21-14-17-8-10-18(11-9-17)15-22-12-4-3-7-20(22)24/h1,3-5,7-12,16H,2,6,13-15H2,(H,21,23)/t16-/m1/s1. The first-order chi connectivity index (χ1) is 11.7. The molecule has 1 amide bonds. The van der Waals surface area contributed by atoms with E-state index in [1.54, 1.807) is 22.9 Å². The van der Waals surface area contributed by atoms with Gasteiger partial charge in [0.25, 0.3) is 5.56 Å². The van der Waals surface area contributed by atoms with E-state index < -0.39 is 0 Å². The van der Waals surface area contributed by atoms with Crippen molar-refractivity contribution in [3.05, 3.63) is 82.3 Å². The molecule has 0 bridgehead atoms. The van der Waals surface area contributed by atoms with E-state index in [1.807, 2.05) is 30.3 Å². The number of allylic oxidation sites excluding steroid dienone is 2. The lowest BCUT2D eigenvalue weighted by molar-refractivity contribution is -0.121. The predicted molar refractivity (Wildman–Crippen MR) is 94.6 cm³/mol. The number of nitrogens with zero attached hydrogens (tertiary/aromatic N) is 1. The number of nitrogens with one attached hydrogen (secondary N) is 1. The number of carbonyl (C=O) groups excluding carboxylic acids is 1. The Labute approximate surface area is 141 Å². The highest BCUT2D eigenvalue weighted by molar-refractivity contribution is 5.76. The van der Waals surface area contributed by atoms with Gasteiger partial charge in [-0.05, 0) is 36.0 Å². The number of hydrogen-bond acceptors (Lipinski definition) is 2. The van der Waals surface area contributed by atoms with Crippen LogP contribution in [0.15, 0.2) is 65.6 Å². The minimum atomic E-state index is -0.00481. The molecule has 0 radical (unpaired) electrons. The van der Waals surface area contributed by atoms with Gasteiger partial charge in [-0.15, -0.1) is 0 Å². The van der Waals surface area contributed by atoms with Crippen LogP contribution in [-0.4, -0.2) is 10.5 Å². The Morgan fingerprint density at radius 3 is 2.62 bits per heavy atom. The molecule has 0 unspecified atom stereocenters. The minimum Gasteiger partial charge on any atom is -0.352 e. The van der Waals surface area contributed by atoms with Crippen LogP contribution in [0.4, 0.5) is 0 Å². The molecule has 2 aromatic rings. The number of carbonyl (C=O) groups is 1. The number of rotatable bonds is 6. The van der Waals surface area contributed by atoms with Crippen LogP contribution in [0.2, 0.25) is 0 Å². The summed E-state index contributed by atoms with van der Waals surface area (Å²) in [6.45, 7) is 1.10. The molecule has 4 nitrogen and oxygen atoms in total. The van der Waals surface area contributed by atoms with Gasteiger partial charge in [-0.3, -0.25) is 9.59 Å². The zero-order chi connectivity index (χ0) is 16.8. The van der Waals surface area contributed by atoms with Crippen molar-refractivity contribution in [3.8, 4) is 0 Å². The van der Waals surface area contributed by atoms with Crippen molar-refractivity contribution in [1.29, 1.82) is 0 Å². The molecule has 0 saturated carbocycles. The van der Waals surface area contributed by atoms with Gasteiger partial charge in [0.15, 0.2) is 0 Å². The Morgan fingerprint density at radius 1 is 1.12 bits per heavy atom. The first-order valence-corrected chi connectivity index (χ1v) is 8.37. The topological polar surface area (TPSA) is 51.1 Å². The minimum absolute atomic E-state index is 0.00481. The number of amides is 1. The van der Waals surface area contributed by atoms with E-state index in [2.05, 4.69) is 17.5 Å². The third kappa shape index (κ3) is 4.44. The fourth-order valence-corrected chi connectivity index (χ4v) is 2.93. The SMILES string of the molecule is O=C(C[C@@H]1C=CCC1)NCc1ccc(Cn2ccccc2=O)cc1. The van der Waals surface area contributed by atoms with Crippen LogP contribution in [0.3, 0.4) is 0 Å². The van der Waals surface area contributed by atoms with Gasteiger partial charge in [0.1, 0.15) is 0 Å². The first-order valence-electron chi connectivity index (χ1n) is 8.37. The summed E-state index contributed by atoms with van der Waals surface area (Å²) in [5.41, 5.74) is 2.12. The van der Waals surface area contributed by atoms with Crippen molar-refractivity contribution in [1.82, 2.24) is 9.88 Å². The Morgan fingerprint density at radius 2 is 1.92 bits per heavy atom. The van der Waals surface area contributed by atoms with Crippen LogP contribution < -0.4 is 10.9 Å². The van der Waals surface area contributed by atoms with Gasteiger partial charge in [0, 0.05) is 25.2 Å². The summed E-state index contributed by atoms with van der Waals surface area (Å²) in [6, 6.07) is 13.2. The second kappa shape index (κ2) is 7.77. The Hall–Kier alpha value is -2.62. The highest BCUT2D eigenvalue weighted by atomic mass is 16.1. The van der Waals surface area contributed by atoms with Crippen LogP contribution in [0, 0.1) is 5.92 Å². The largest absolute Gasteiger partial charge is 0.352 e. The molecule has 1 aliphatic carbocycles. The Balaban J connectivity index is 1.51. The van der Waals surface area contributed by atoms with Gasteiger partial charge in [0.2, 0.25) is 5.91 Å². The van der Waals surface area contributed by atoms with Crippen molar-refractivity contribution in [3.63, 3.8) is 0 Å². The molecule has 1 aliphatic rings. The van der Waals surface area contributed by atoms with E-state index in [4.69, 9.17) is 0 Å². The average Bonchev–Trinajstić information content (AvgIpc) is 3.09. The molecule has 0 fully saturated rings. The summed E-state index contributed by atoms with van der Waals surface area (Å²) in [7, 11) is 0. The maximum atomic E-state index is 11.9. The van der Waals surface area contributed by atoms with Crippen LogP contribution in [-0.2, 0) is 17.9 Å². The monoisotopic (exact) mass is 322 g/mol. The van der Waals surface area contributed by atoms with Gasteiger partial charge >= 0.3 is 0 Å². The number of aromatic nitrogens is 1. The maximum absolute atomic E-state index is 11.9. The fraction of sp³-hybridized carbons (Fsp3) is 0.300. The summed E-state index contributed by atoms with van der Waals surface area (Å²) in [4.78, 5) is 23.7. The van der Waals surface area contributed by atoms with E-state index >= 15 is 0 Å². The van der Waals surface area contributed by atoms with Crippen molar-refractivity contribution >= 4 is 5.91 Å². The zero-order valence-corrected chi connectivity index (χ0v) is 13.7. The normalized spacial score (nSPS) is 16.2. The van der Waals surface area contributed by atoms with Gasteiger partial charge in [0.05, 0.1) is 6.54 Å². The predicted octanol–water partition coefficient (Wildman–Crippen LogP) is 2.87. The zero-order valence-electron chi connectivity index (χ0n) is 13.7. The molecular formula is C20H22N2O2. The van der Waals surface area contributed by atoms with Crippen molar-refractivity contribution in [2.24, 2.45) is 5.92 Å². The molecule has 1 N–H and O–H groups in total. The van der Waals surface area contributed by atoms with Crippen molar-refractivity contribution in [2.75, 3.05) is 0 Å².